The Balaban J connectivity index is 2.38. The van der Waals surface area contributed by atoms with Crippen LogP contribution in [-0.4, -0.2) is 29.5 Å². The molecule has 2 aromatic carbocycles. The summed E-state index contributed by atoms with van der Waals surface area (Å²) in [5, 5.41) is 19.5. The monoisotopic (exact) mass is 362 g/mol. The molecule has 0 bridgehead atoms. The zero-order valence-corrected chi connectivity index (χ0v) is 14.3. The molecule has 0 fully saturated rings. The van der Waals surface area contributed by atoms with Crippen molar-refractivity contribution in [2.75, 3.05) is 13.3 Å². The van der Waals surface area contributed by atoms with E-state index in [0.29, 0.717) is 35.3 Å². The summed E-state index contributed by atoms with van der Waals surface area (Å²) in [4.78, 5) is 11.5. The molecule has 4 nitrogen and oxygen atoms in total. The van der Waals surface area contributed by atoms with Crippen LogP contribution in [0.3, 0.4) is 0 Å². The lowest BCUT2D eigenvalue weighted by Crippen LogP contribution is -2.06. The SMILES string of the molecule is Cc1c(OCCCCF)cc(O)c(C(=O)O)c1C=Cc1ccc(F)cc1. The standard InChI is InChI=1S/C20H20F2O4/c1-13-16(9-6-14-4-7-15(22)8-5-14)19(20(24)25)17(23)12-18(13)26-11-3-2-10-21/h4-9,12,23H,2-3,10-11H2,1H3,(H,24,25). The van der Waals surface area contributed by atoms with Crippen LogP contribution in [0.1, 0.15) is 39.9 Å². The number of rotatable bonds is 8. The third-order valence-electron chi connectivity index (χ3n) is 3.88. The Morgan fingerprint density at radius 2 is 1.88 bits per heavy atom. The van der Waals surface area contributed by atoms with Crippen LogP contribution in [0.2, 0.25) is 0 Å². The fourth-order valence-electron chi connectivity index (χ4n) is 2.48. The zero-order valence-electron chi connectivity index (χ0n) is 14.3. The summed E-state index contributed by atoms with van der Waals surface area (Å²) in [7, 11) is 0. The molecule has 0 aliphatic rings. The molecule has 0 spiro atoms. The molecule has 0 unspecified atom stereocenters. The van der Waals surface area contributed by atoms with Gasteiger partial charge in [-0.2, -0.15) is 0 Å². The number of hydrogen-bond acceptors (Lipinski definition) is 3. The number of carboxylic acid groups (broad SMARTS) is 1. The first-order valence-electron chi connectivity index (χ1n) is 8.16. The number of benzene rings is 2. The van der Waals surface area contributed by atoms with E-state index in [-0.39, 0.29) is 18.0 Å². The van der Waals surface area contributed by atoms with E-state index >= 15 is 0 Å². The minimum absolute atomic E-state index is 0.239. The molecular formula is C20H20F2O4. The first kappa shape index (κ1) is 19.4. The molecule has 0 heterocycles. The third kappa shape index (κ3) is 4.81. The summed E-state index contributed by atoms with van der Waals surface area (Å²) in [6.45, 7) is 1.51. The van der Waals surface area contributed by atoms with Gasteiger partial charge >= 0.3 is 5.97 Å². The van der Waals surface area contributed by atoms with Gasteiger partial charge in [0.25, 0.3) is 0 Å². The maximum absolute atomic E-state index is 13.0. The molecule has 0 aliphatic heterocycles. The summed E-state index contributed by atoms with van der Waals surface area (Å²) >= 11 is 0. The minimum Gasteiger partial charge on any atom is -0.507 e. The van der Waals surface area contributed by atoms with E-state index in [1.165, 1.54) is 18.2 Å². The van der Waals surface area contributed by atoms with Crippen molar-refractivity contribution in [1.29, 1.82) is 0 Å². The second-order valence-corrected chi connectivity index (χ2v) is 5.74. The van der Waals surface area contributed by atoms with Gasteiger partial charge in [0, 0.05) is 6.07 Å². The van der Waals surface area contributed by atoms with Gasteiger partial charge in [-0.05, 0) is 48.6 Å². The molecule has 0 radical (unpaired) electrons. The lowest BCUT2D eigenvalue weighted by Gasteiger charge is -2.15. The largest absolute Gasteiger partial charge is 0.507 e. The van der Waals surface area contributed by atoms with Crippen LogP contribution < -0.4 is 4.74 Å². The van der Waals surface area contributed by atoms with E-state index in [0.717, 1.165) is 0 Å². The lowest BCUT2D eigenvalue weighted by molar-refractivity contribution is 0.0693. The highest BCUT2D eigenvalue weighted by Crippen LogP contribution is 2.34. The van der Waals surface area contributed by atoms with Crippen molar-refractivity contribution in [3.63, 3.8) is 0 Å². The highest BCUT2D eigenvalue weighted by atomic mass is 19.1. The highest BCUT2D eigenvalue weighted by molar-refractivity contribution is 5.97. The normalized spacial score (nSPS) is 11.0. The van der Waals surface area contributed by atoms with Crippen LogP contribution in [-0.2, 0) is 0 Å². The summed E-state index contributed by atoms with van der Waals surface area (Å²) in [5.74, 6) is -1.72. The molecule has 0 aromatic heterocycles. The highest BCUT2D eigenvalue weighted by Gasteiger charge is 2.19. The Bertz CT molecular complexity index is 798. The quantitative estimate of drug-likeness (QED) is 0.521. The number of carbonyl (C=O) groups is 1. The number of carboxylic acids is 1. The van der Waals surface area contributed by atoms with E-state index in [2.05, 4.69) is 0 Å². The second-order valence-electron chi connectivity index (χ2n) is 5.74. The number of alkyl halides is 1. The van der Waals surface area contributed by atoms with E-state index < -0.39 is 18.4 Å². The van der Waals surface area contributed by atoms with E-state index in [1.807, 2.05) is 0 Å². The van der Waals surface area contributed by atoms with Crippen LogP contribution >= 0.6 is 0 Å². The molecule has 0 saturated heterocycles. The Kier molecular flexibility index (Phi) is 6.72. The number of halogens is 2. The van der Waals surface area contributed by atoms with Crippen LogP contribution in [0, 0.1) is 12.7 Å². The molecule has 2 aromatic rings. The number of unbranched alkanes of at least 4 members (excludes halogenated alkanes) is 1. The van der Waals surface area contributed by atoms with Gasteiger partial charge in [0.05, 0.1) is 13.3 Å². The number of aromatic hydroxyl groups is 1. The topological polar surface area (TPSA) is 66.8 Å². The average Bonchev–Trinajstić information content (AvgIpc) is 2.60. The number of aromatic carboxylic acids is 1. The molecule has 0 aliphatic carbocycles. The van der Waals surface area contributed by atoms with E-state index in [1.54, 1.807) is 31.2 Å². The molecule has 0 atom stereocenters. The molecular weight excluding hydrogens is 342 g/mol. The predicted molar refractivity (Wildman–Crippen MR) is 95.8 cm³/mol. The van der Waals surface area contributed by atoms with E-state index in [4.69, 9.17) is 4.74 Å². The maximum atomic E-state index is 13.0. The molecule has 0 amide bonds. The summed E-state index contributed by atoms with van der Waals surface area (Å²) in [6, 6.07) is 6.96. The first-order chi connectivity index (χ1) is 12.4. The van der Waals surface area contributed by atoms with E-state index in [9.17, 15) is 23.8 Å². The van der Waals surface area contributed by atoms with Crippen molar-refractivity contribution in [1.82, 2.24) is 0 Å². The molecule has 26 heavy (non-hydrogen) atoms. The van der Waals surface area contributed by atoms with Gasteiger partial charge in [0.2, 0.25) is 0 Å². The Labute approximate surface area is 150 Å². The Morgan fingerprint density at radius 3 is 2.50 bits per heavy atom. The Hall–Kier alpha value is -2.89. The predicted octanol–water partition coefficient (Wildman–Crippen LogP) is 4.84. The molecule has 6 heteroatoms. The average molecular weight is 362 g/mol. The van der Waals surface area contributed by atoms with Crippen molar-refractivity contribution in [2.24, 2.45) is 0 Å². The zero-order chi connectivity index (χ0) is 19.1. The molecule has 138 valence electrons. The van der Waals surface area contributed by atoms with Gasteiger partial charge < -0.3 is 14.9 Å². The summed E-state index contributed by atoms with van der Waals surface area (Å²) < 4.78 is 30.7. The summed E-state index contributed by atoms with van der Waals surface area (Å²) in [5.41, 5.74) is 1.27. The lowest BCUT2D eigenvalue weighted by atomic mass is 9.98. The smallest absolute Gasteiger partial charge is 0.340 e. The third-order valence-corrected chi connectivity index (χ3v) is 3.88. The number of hydrogen-bond donors (Lipinski definition) is 2. The first-order valence-corrected chi connectivity index (χ1v) is 8.16. The molecule has 2 N–H and O–H groups in total. The van der Waals surface area contributed by atoms with Crippen LogP contribution in [0.5, 0.6) is 11.5 Å². The van der Waals surface area contributed by atoms with Gasteiger partial charge in [0.1, 0.15) is 22.9 Å². The van der Waals surface area contributed by atoms with Crippen LogP contribution in [0.4, 0.5) is 8.78 Å². The molecule has 2 rings (SSSR count). The fourth-order valence-corrected chi connectivity index (χ4v) is 2.48. The number of phenols is 1. The molecule has 0 saturated carbocycles. The van der Waals surface area contributed by atoms with Crippen molar-refractivity contribution in [3.05, 3.63) is 58.4 Å². The second kappa shape index (κ2) is 8.99. The van der Waals surface area contributed by atoms with Crippen LogP contribution in [0.15, 0.2) is 30.3 Å². The van der Waals surface area contributed by atoms with Crippen LogP contribution in [0.25, 0.3) is 12.2 Å². The van der Waals surface area contributed by atoms with Crippen molar-refractivity contribution >= 4 is 18.1 Å². The number of ether oxygens (including phenoxy) is 1. The van der Waals surface area contributed by atoms with Crippen molar-refractivity contribution < 1.29 is 28.5 Å². The van der Waals surface area contributed by atoms with Crippen molar-refractivity contribution in [2.45, 2.75) is 19.8 Å². The fraction of sp³-hybridized carbons (Fsp3) is 0.250. The van der Waals surface area contributed by atoms with Gasteiger partial charge in [-0.25, -0.2) is 9.18 Å². The van der Waals surface area contributed by atoms with Gasteiger partial charge in [-0.15, -0.1) is 0 Å². The Morgan fingerprint density at radius 1 is 1.19 bits per heavy atom. The summed E-state index contributed by atoms with van der Waals surface area (Å²) in [6.07, 6.45) is 4.05. The minimum atomic E-state index is -1.27. The van der Waals surface area contributed by atoms with Gasteiger partial charge in [0.15, 0.2) is 0 Å². The van der Waals surface area contributed by atoms with Crippen molar-refractivity contribution in [3.8, 4) is 11.5 Å². The van der Waals surface area contributed by atoms with Gasteiger partial charge in [-0.1, -0.05) is 24.3 Å². The maximum Gasteiger partial charge on any atom is 0.340 e. The van der Waals surface area contributed by atoms with Gasteiger partial charge in [-0.3, -0.25) is 4.39 Å².